The molecule has 3 nitrogen and oxygen atoms in total. The first-order valence-corrected chi connectivity index (χ1v) is 4.68. The van der Waals surface area contributed by atoms with Crippen LogP contribution in [0.15, 0.2) is 18.2 Å². The largest absolute Gasteiger partial charge is 0.352 e. The van der Waals surface area contributed by atoms with Crippen LogP contribution >= 0.6 is 0 Å². The van der Waals surface area contributed by atoms with Crippen molar-refractivity contribution in [3.05, 3.63) is 34.9 Å². The quantitative estimate of drug-likeness (QED) is 0.749. The van der Waals surface area contributed by atoms with E-state index >= 15 is 0 Å². The maximum absolute atomic E-state index is 10.4. The van der Waals surface area contributed by atoms with E-state index in [-0.39, 0.29) is 0 Å². The van der Waals surface area contributed by atoms with Crippen molar-refractivity contribution in [3.8, 4) is 0 Å². The van der Waals surface area contributed by atoms with Crippen LogP contribution in [0.4, 0.5) is 4.79 Å². The van der Waals surface area contributed by atoms with Gasteiger partial charge in [-0.15, -0.1) is 0 Å². The maximum atomic E-state index is 10.4. The number of aryl methyl sites for hydroxylation is 2. The first kappa shape index (κ1) is 10.6. The molecular weight excluding hydrogens is 176 g/mol. The van der Waals surface area contributed by atoms with Crippen molar-refractivity contribution in [1.82, 2.24) is 5.32 Å². The molecule has 3 N–H and O–H groups in total. The number of rotatable bonds is 3. The van der Waals surface area contributed by atoms with Crippen LogP contribution < -0.4 is 11.1 Å². The highest BCUT2D eigenvalue weighted by Crippen LogP contribution is 2.08. The summed E-state index contributed by atoms with van der Waals surface area (Å²) < 4.78 is 0. The van der Waals surface area contributed by atoms with Gasteiger partial charge in [0.15, 0.2) is 0 Å². The van der Waals surface area contributed by atoms with Crippen LogP contribution in [-0.2, 0) is 6.42 Å². The van der Waals surface area contributed by atoms with Crippen molar-refractivity contribution in [2.45, 2.75) is 20.3 Å². The Morgan fingerprint density at radius 3 is 2.36 bits per heavy atom. The second-order valence-electron chi connectivity index (χ2n) is 3.54. The Kier molecular flexibility index (Phi) is 3.51. The van der Waals surface area contributed by atoms with Crippen LogP contribution in [0.1, 0.15) is 16.7 Å². The Morgan fingerprint density at radius 1 is 1.29 bits per heavy atom. The Morgan fingerprint density at radius 2 is 1.86 bits per heavy atom. The molecule has 3 heteroatoms. The van der Waals surface area contributed by atoms with Crippen LogP contribution in [0.2, 0.25) is 0 Å². The Labute approximate surface area is 84.3 Å². The summed E-state index contributed by atoms with van der Waals surface area (Å²) in [7, 11) is 0. The lowest BCUT2D eigenvalue weighted by Crippen LogP contribution is -2.30. The van der Waals surface area contributed by atoms with Crippen LogP contribution in [0.3, 0.4) is 0 Å². The van der Waals surface area contributed by atoms with E-state index in [4.69, 9.17) is 5.73 Å². The zero-order valence-electron chi connectivity index (χ0n) is 8.63. The molecule has 2 amide bonds. The van der Waals surface area contributed by atoms with Gasteiger partial charge in [-0.2, -0.15) is 0 Å². The number of hydrogen-bond donors (Lipinski definition) is 2. The van der Waals surface area contributed by atoms with E-state index in [2.05, 4.69) is 37.4 Å². The molecule has 0 aromatic heterocycles. The van der Waals surface area contributed by atoms with E-state index in [1.807, 2.05) is 0 Å². The van der Waals surface area contributed by atoms with Gasteiger partial charge in [0.25, 0.3) is 0 Å². The lowest BCUT2D eigenvalue weighted by molar-refractivity contribution is 0.249. The minimum absolute atomic E-state index is 0.464. The van der Waals surface area contributed by atoms with Crippen molar-refractivity contribution < 1.29 is 4.79 Å². The minimum Gasteiger partial charge on any atom is -0.352 e. The summed E-state index contributed by atoms with van der Waals surface area (Å²) in [4.78, 5) is 10.4. The second kappa shape index (κ2) is 4.65. The molecule has 0 aliphatic heterocycles. The van der Waals surface area contributed by atoms with Crippen molar-refractivity contribution >= 4 is 6.03 Å². The Balaban J connectivity index is 2.54. The molecule has 0 spiro atoms. The molecule has 1 aromatic carbocycles. The molecule has 14 heavy (non-hydrogen) atoms. The molecule has 0 unspecified atom stereocenters. The van der Waals surface area contributed by atoms with Gasteiger partial charge < -0.3 is 11.1 Å². The van der Waals surface area contributed by atoms with Gasteiger partial charge in [-0.25, -0.2) is 4.79 Å². The van der Waals surface area contributed by atoms with Crippen molar-refractivity contribution in [1.29, 1.82) is 0 Å². The smallest absolute Gasteiger partial charge is 0.312 e. The van der Waals surface area contributed by atoms with Crippen molar-refractivity contribution in [3.63, 3.8) is 0 Å². The number of carbonyl (C=O) groups excluding carboxylic acids is 1. The summed E-state index contributed by atoms with van der Waals surface area (Å²) >= 11 is 0. The van der Waals surface area contributed by atoms with Gasteiger partial charge in [0, 0.05) is 6.54 Å². The minimum atomic E-state index is -0.464. The van der Waals surface area contributed by atoms with E-state index < -0.39 is 6.03 Å². The number of benzene rings is 1. The molecule has 0 heterocycles. The van der Waals surface area contributed by atoms with E-state index in [0.29, 0.717) is 6.54 Å². The Bertz CT molecular complexity index is 314. The standard InChI is InChI=1S/C11H16N2O/c1-8-5-9(2)7-10(6-8)3-4-13-11(12)14/h5-7H,3-4H2,1-2H3,(H3,12,13,14). The normalized spacial score (nSPS) is 9.86. The van der Waals surface area contributed by atoms with E-state index in [1.54, 1.807) is 0 Å². The number of nitrogens with two attached hydrogens (primary N) is 1. The first-order chi connectivity index (χ1) is 6.58. The zero-order chi connectivity index (χ0) is 10.6. The molecule has 0 saturated heterocycles. The third-order valence-electron chi connectivity index (χ3n) is 1.99. The van der Waals surface area contributed by atoms with Gasteiger partial charge in [0.05, 0.1) is 0 Å². The zero-order valence-corrected chi connectivity index (χ0v) is 8.63. The van der Waals surface area contributed by atoms with E-state index in [9.17, 15) is 4.79 Å². The van der Waals surface area contributed by atoms with Gasteiger partial charge in [-0.1, -0.05) is 29.3 Å². The molecule has 0 fully saturated rings. The van der Waals surface area contributed by atoms with Gasteiger partial charge in [0.1, 0.15) is 0 Å². The number of hydrogen-bond acceptors (Lipinski definition) is 1. The van der Waals surface area contributed by atoms with Gasteiger partial charge in [0.2, 0.25) is 0 Å². The fourth-order valence-corrected chi connectivity index (χ4v) is 1.54. The summed E-state index contributed by atoms with van der Waals surface area (Å²) in [5, 5.41) is 2.57. The summed E-state index contributed by atoms with van der Waals surface area (Å²) in [5.41, 5.74) is 8.70. The number of urea groups is 1. The Hall–Kier alpha value is -1.51. The fraction of sp³-hybridized carbons (Fsp3) is 0.364. The number of nitrogens with one attached hydrogen (secondary N) is 1. The SMILES string of the molecule is Cc1cc(C)cc(CCNC(N)=O)c1. The predicted octanol–water partition coefficient (Wildman–Crippen LogP) is 1.51. The monoisotopic (exact) mass is 192 g/mol. The van der Waals surface area contributed by atoms with Crippen molar-refractivity contribution in [2.75, 3.05) is 6.54 Å². The third kappa shape index (κ3) is 3.47. The molecule has 0 bridgehead atoms. The van der Waals surface area contributed by atoms with Crippen LogP contribution in [0, 0.1) is 13.8 Å². The molecule has 1 aromatic rings. The molecule has 0 aliphatic carbocycles. The lowest BCUT2D eigenvalue weighted by Gasteiger charge is -2.05. The molecule has 0 atom stereocenters. The molecule has 0 aliphatic rings. The second-order valence-corrected chi connectivity index (χ2v) is 3.54. The number of carbonyl (C=O) groups is 1. The lowest BCUT2D eigenvalue weighted by atomic mass is 10.1. The maximum Gasteiger partial charge on any atom is 0.312 e. The number of amides is 2. The van der Waals surface area contributed by atoms with Gasteiger partial charge in [-0.3, -0.25) is 0 Å². The molecule has 0 radical (unpaired) electrons. The first-order valence-electron chi connectivity index (χ1n) is 4.68. The summed E-state index contributed by atoms with van der Waals surface area (Å²) in [6, 6.07) is 5.91. The summed E-state index contributed by atoms with van der Waals surface area (Å²) in [6.07, 6.45) is 0.825. The van der Waals surface area contributed by atoms with Crippen LogP contribution in [0.5, 0.6) is 0 Å². The van der Waals surface area contributed by atoms with Gasteiger partial charge in [-0.05, 0) is 25.8 Å². The van der Waals surface area contributed by atoms with E-state index in [1.165, 1.54) is 16.7 Å². The topological polar surface area (TPSA) is 55.1 Å². The van der Waals surface area contributed by atoms with Crippen LogP contribution in [0.25, 0.3) is 0 Å². The molecular formula is C11H16N2O. The average molecular weight is 192 g/mol. The highest BCUT2D eigenvalue weighted by molar-refractivity contribution is 5.71. The van der Waals surface area contributed by atoms with E-state index in [0.717, 1.165) is 6.42 Å². The molecule has 0 saturated carbocycles. The predicted molar refractivity (Wildman–Crippen MR) is 57.2 cm³/mol. The van der Waals surface area contributed by atoms with Crippen molar-refractivity contribution in [2.24, 2.45) is 5.73 Å². The third-order valence-corrected chi connectivity index (χ3v) is 1.99. The van der Waals surface area contributed by atoms with Gasteiger partial charge >= 0.3 is 6.03 Å². The number of primary amides is 1. The molecule has 1 rings (SSSR count). The highest BCUT2D eigenvalue weighted by atomic mass is 16.2. The van der Waals surface area contributed by atoms with Crippen LogP contribution in [-0.4, -0.2) is 12.6 Å². The highest BCUT2D eigenvalue weighted by Gasteiger charge is 1.97. The molecule has 76 valence electrons. The summed E-state index contributed by atoms with van der Waals surface area (Å²) in [6.45, 7) is 4.73. The average Bonchev–Trinajstić information content (AvgIpc) is 2.01. The summed E-state index contributed by atoms with van der Waals surface area (Å²) in [5.74, 6) is 0. The fourth-order valence-electron chi connectivity index (χ4n) is 1.54.